The van der Waals surface area contributed by atoms with Crippen LogP contribution in [0.4, 0.5) is 5.82 Å². The van der Waals surface area contributed by atoms with E-state index < -0.39 is 0 Å². The topological polar surface area (TPSA) is 52.5 Å². The summed E-state index contributed by atoms with van der Waals surface area (Å²) in [6.07, 6.45) is 1.94. The first-order chi connectivity index (χ1) is 9.60. The molecule has 4 nitrogen and oxygen atoms in total. The number of fused-ring (bicyclic) bond motifs is 1. The molecule has 0 amide bonds. The molecular weight excluding hydrogens is 318 g/mol. The number of imidazole rings is 1. The van der Waals surface area contributed by atoms with E-state index in [1.165, 1.54) is 0 Å². The highest BCUT2D eigenvalue weighted by Crippen LogP contribution is 2.34. The van der Waals surface area contributed by atoms with Crippen molar-refractivity contribution in [1.29, 1.82) is 0 Å². The number of aromatic nitrogens is 2. The van der Waals surface area contributed by atoms with Crippen LogP contribution in [0.1, 0.15) is 5.56 Å². The van der Waals surface area contributed by atoms with Gasteiger partial charge in [-0.05, 0) is 42.8 Å². The minimum atomic E-state index is 0.619. The van der Waals surface area contributed by atoms with Crippen LogP contribution >= 0.6 is 15.9 Å². The Labute approximate surface area is 125 Å². The Morgan fingerprint density at radius 3 is 2.80 bits per heavy atom. The van der Waals surface area contributed by atoms with Crippen molar-refractivity contribution < 1.29 is 4.74 Å². The maximum atomic E-state index is 6.22. The van der Waals surface area contributed by atoms with Crippen LogP contribution in [0.25, 0.3) is 16.9 Å². The van der Waals surface area contributed by atoms with Crippen molar-refractivity contribution in [3.8, 4) is 17.0 Å². The second-order valence-corrected chi connectivity index (χ2v) is 5.48. The number of halogens is 1. The number of pyridine rings is 1. The van der Waals surface area contributed by atoms with Gasteiger partial charge in [-0.15, -0.1) is 0 Å². The van der Waals surface area contributed by atoms with Gasteiger partial charge in [0.1, 0.15) is 22.9 Å². The lowest BCUT2D eigenvalue weighted by molar-refractivity contribution is 0.415. The number of nitrogens with zero attached hydrogens (tertiary/aromatic N) is 2. The van der Waals surface area contributed by atoms with E-state index in [-0.39, 0.29) is 0 Å². The maximum Gasteiger partial charge on any atom is 0.139 e. The van der Waals surface area contributed by atoms with Crippen molar-refractivity contribution in [2.24, 2.45) is 0 Å². The Morgan fingerprint density at radius 1 is 1.25 bits per heavy atom. The highest BCUT2D eigenvalue weighted by atomic mass is 79.9. The SMILES string of the molecule is COc1ccc(Br)c(-c2nc3cc(C)ccn3c2N)c1. The summed E-state index contributed by atoms with van der Waals surface area (Å²) in [5.41, 5.74) is 9.88. The smallest absolute Gasteiger partial charge is 0.139 e. The molecule has 2 aromatic heterocycles. The predicted octanol–water partition coefficient (Wildman–Crippen LogP) is 3.66. The van der Waals surface area contributed by atoms with Gasteiger partial charge < -0.3 is 10.5 Å². The van der Waals surface area contributed by atoms with Crippen LogP contribution in [0, 0.1) is 6.92 Å². The monoisotopic (exact) mass is 331 g/mol. The van der Waals surface area contributed by atoms with Crippen LogP contribution < -0.4 is 10.5 Å². The number of methoxy groups -OCH3 is 1. The van der Waals surface area contributed by atoms with Gasteiger partial charge in [0, 0.05) is 16.2 Å². The number of nitrogens with two attached hydrogens (primary N) is 1. The fraction of sp³-hybridized carbons (Fsp3) is 0.133. The molecule has 20 heavy (non-hydrogen) atoms. The molecule has 2 N–H and O–H groups in total. The zero-order valence-corrected chi connectivity index (χ0v) is 12.8. The number of ether oxygens (including phenoxy) is 1. The Morgan fingerprint density at radius 2 is 2.05 bits per heavy atom. The van der Waals surface area contributed by atoms with Gasteiger partial charge in [-0.3, -0.25) is 4.40 Å². The maximum absolute atomic E-state index is 6.22. The van der Waals surface area contributed by atoms with Gasteiger partial charge in [-0.2, -0.15) is 0 Å². The molecule has 2 heterocycles. The molecule has 0 aliphatic rings. The Bertz CT molecular complexity index is 795. The number of benzene rings is 1. The summed E-state index contributed by atoms with van der Waals surface area (Å²) in [6, 6.07) is 9.77. The number of aryl methyl sites for hydroxylation is 1. The first-order valence-corrected chi connectivity index (χ1v) is 6.97. The highest BCUT2D eigenvalue weighted by Gasteiger charge is 2.14. The summed E-state index contributed by atoms with van der Waals surface area (Å²) in [7, 11) is 1.64. The van der Waals surface area contributed by atoms with E-state index in [0.29, 0.717) is 5.82 Å². The Balaban J connectivity index is 2.26. The number of anilines is 1. The molecule has 0 radical (unpaired) electrons. The van der Waals surface area contributed by atoms with Crippen LogP contribution in [0.3, 0.4) is 0 Å². The van der Waals surface area contributed by atoms with Crippen molar-refractivity contribution in [2.75, 3.05) is 12.8 Å². The molecule has 0 saturated carbocycles. The van der Waals surface area contributed by atoms with Crippen molar-refractivity contribution in [1.82, 2.24) is 9.38 Å². The molecule has 0 saturated heterocycles. The number of nitrogen functional groups attached to an aromatic ring is 1. The normalized spacial score (nSPS) is 10.9. The molecule has 5 heteroatoms. The lowest BCUT2D eigenvalue weighted by atomic mass is 10.1. The fourth-order valence-electron chi connectivity index (χ4n) is 2.18. The van der Waals surface area contributed by atoms with E-state index in [1.807, 2.05) is 47.9 Å². The quantitative estimate of drug-likeness (QED) is 0.779. The van der Waals surface area contributed by atoms with Gasteiger partial charge >= 0.3 is 0 Å². The zero-order valence-electron chi connectivity index (χ0n) is 11.2. The zero-order chi connectivity index (χ0) is 14.3. The predicted molar refractivity (Wildman–Crippen MR) is 84.0 cm³/mol. The molecule has 0 atom stereocenters. The molecule has 0 aliphatic carbocycles. The van der Waals surface area contributed by atoms with E-state index >= 15 is 0 Å². The first-order valence-electron chi connectivity index (χ1n) is 6.18. The van der Waals surface area contributed by atoms with E-state index in [0.717, 1.165) is 32.7 Å². The molecule has 0 spiro atoms. The van der Waals surface area contributed by atoms with Crippen LogP contribution in [-0.4, -0.2) is 16.5 Å². The van der Waals surface area contributed by atoms with Crippen molar-refractivity contribution in [2.45, 2.75) is 6.92 Å². The summed E-state index contributed by atoms with van der Waals surface area (Å²) in [6.45, 7) is 2.03. The Hall–Kier alpha value is -2.01. The van der Waals surface area contributed by atoms with Gasteiger partial charge in [0.2, 0.25) is 0 Å². The third-order valence-corrected chi connectivity index (χ3v) is 3.94. The standard InChI is InChI=1S/C15H14BrN3O/c1-9-5-6-19-13(7-9)18-14(15(19)17)11-8-10(20-2)3-4-12(11)16/h3-8H,17H2,1-2H3. The molecule has 0 unspecified atom stereocenters. The van der Waals surface area contributed by atoms with Crippen LogP contribution in [0.5, 0.6) is 5.75 Å². The third kappa shape index (κ3) is 2.04. The van der Waals surface area contributed by atoms with Crippen molar-refractivity contribution >= 4 is 27.4 Å². The van der Waals surface area contributed by atoms with Gasteiger partial charge in [-0.1, -0.05) is 15.9 Å². The summed E-state index contributed by atoms with van der Waals surface area (Å²) >= 11 is 3.54. The fourth-order valence-corrected chi connectivity index (χ4v) is 2.61. The van der Waals surface area contributed by atoms with Gasteiger partial charge in [0.15, 0.2) is 0 Å². The molecule has 1 aromatic carbocycles. The minimum absolute atomic E-state index is 0.619. The molecule has 0 fully saturated rings. The van der Waals surface area contributed by atoms with Crippen molar-refractivity contribution in [3.63, 3.8) is 0 Å². The van der Waals surface area contributed by atoms with E-state index in [4.69, 9.17) is 10.5 Å². The second-order valence-electron chi connectivity index (χ2n) is 4.62. The number of hydrogen-bond donors (Lipinski definition) is 1. The molecule has 0 aliphatic heterocycles. The van der Waals surface area contributed by atoms with Crippen LogP contribution in [0.15, 0.2) is 41.0 Å². The highest BCUT2D eigenvalue weighted by molar-refractivity contribution is 9.10. The molecular formula is C15H14BrN3O. The first kappa shape index (κ1) is 13.0. The lowest BCUT2D eigenvalue weighted by Crippen LogP contribution is -1.94. The molecule has 3 aromatic rings. The summed E-state index contributed by atoms with van der Waals surface area (Å²) in [5.74, 6) is 1.39. The minimum Gasteiger partial charge on any atom is -0.497 e. The average molecular weight is 332 g/mol. The number of rotatable bonds is 2. The lowest BCUT2D eigenvalue weighted by Gasteiger charge is -2.06. The van der Waals surface area contributed by atoms with E-state index in [2.05, 4.69) is 20.9 Å². The van der Waals surface area contributed by atoms with Gasteiger partial charge in [0.05, 0.1) is 7.11 Å². The van der Waals surface area contributed by atoms with E-state index in [9.17, 15) is 0 Å². The Kier molecular flexibility index (Phi) is 3.14. The van der Waals surface area contributed by atoms with Crippen LogP contribution in [0.2, 0.25) is 0 Å². The van der Waals surface area contributed by atoms with Gasteiger partial charge in [-0.25, -0.2) is 4.98 Å². The third-order valence-electron chi connectivity index (χ3n) is 3.25. The van der Waals surface area contributed by atoms with E-state index in [1.54, 1.807) is 7.11 Å². The average Bonchev–Trinajstić information content (AvgIpc) is 2.76. The summed E-state index contributed by atoms with van der Waals surface area (Å²) in [4.78, 5) is 4.63. The number of hydrogen-bond acceptors (Lipinski definition) is 3. The molecule has 3 rings (SSSR count). The summed E-state index contributed by atoms with van der Waals surface area (Å²) in [5, 5.41) is 0. The largest absolute Gasteiger partial charge is 0.497 e. The van der Waals surface area contributed by atoms with Crippen molar-refractivity contribution in [3.05, 3.63) is 46.6 Å². The molecule has 0 bridgehead atoms. The van der Waals surface area contributed by atoms with Gasteiger partial charge in [0.25, 0.3) is 0 Å². The summed E-state index contributed by atoms with van der Waals surface area (Å²) < 4.78 is 8.09. The second kappa shape index (κ2) is 4.83. The molecule has 102 valence electrons. The van der Waals surface area contributed by atoms with Crippen LogP contribution in [-0.2, 0) is 0 Å².